The maximum atomic E-state index is 5.89. The van der Waals surface area contributed by atoms with Gasteiger partial charge in [-0.1, -0.05) is 42.5 Å². The monoisotopic (exact) mass is 368 g/mol. The second-order valence-electron chi connectivity index (χ2n) is 6.98. The molecule has 1 atom stereocenters. The quantitative estimate of drug-likeness (QED) is 0.645. The summed E-state index contributed by atoms with van der Waals surface area (Å²) in [7, 11) is 0. The van der Waals surface area contributed by atoms with E-state index in [0.29, 0.717) is 12.6 Å². The van der Waals surface area contributed by atoms with Crippen LogP contribution >= 0.6 is 0 Å². The van der Waals surface area contributed by atoms with Gasteiger partial charge >= 0.3 is 0 Å². The molecule has 146 valence electrons. The SMILES string of the molecule is c1ccc(COc2ccc(C[C@H]3CNCCNCCNCCN3)cc2)cc1. The molecule has 3 rings (SSSR count). The number of hydrogen-bond donors (Lipinski definition) is 4. The van der Waals surface area contributed by atoms with Crippen molar-refractivity contribution in [3.8, 4) is 5.75 Å². The van der Waals surface area contributed by atoms with E-state index in [9.17, 15) is 0 Å². The molecule has 5 heteroatoms. The molecule has 0 spiro atoms. The molecule has 1 fully saturated rings. The van der Waals surface area contributed by atoms with E-state index in [0.717, 1.165) is 58.0 Å². The van der Waals surface area contributed by atoms with Crippen molar-refractivity contribution in [1.29, 1.82) is 0 Å². The molecule has 0 unspecified atom stereocenters. The van der Waals surface area contributed by atoms with Crippen molar-refractivity contribution in [2.75, 3.05) is 45.8 Å². The molecule has 2 aromatic rings. The fourth-order valence-corrected chi connectivity index (χ4v) is 3.21. The van der Waals surface area contributed by atoms with Crippen molar-refractivity contribution < 1.29 is 4.74 Å². The van der Waals surface area contributed by atoms with Gasteiger partial charge in [-0.05, 0) is 29.7 Å². The Hall–Kier alpha value is -1.92. The normalized spacial score (nSPS) is 19.6. The highest BCUT2D eigenvalue weighted by Gasteiger charge is 2.09. The van der Waals surface area contributed by atoms with Gasteiger partial charge in [-0.25, -0.2) is 0 Å². The fourth-order valence-electron chi connectivity index (χ4n) is 3.21. The molecule has 5 nitrogen and oxygen atoms in total. The smallest absolute Gasteiger partial charge is 0.119 e. The van der Waals surface area contributed by atoms with Crippen LogP contribution in [0.1, 0.15) is 11.1 Å². The Labute approximate surface area is 162 Å². The summed E-state index contributed by atoms with van der Waals surface area (Å²) in [5, 5.41) is 14.1. The maximum absolute atomic E-state index is 5.89. The van der Waals surface area contributed by atoms with Gasteiger partial charge in [0.25, 0.3) is 0 Å². The minimum atomic E-state index is 0.433. The van der Waals surface area contributed by atoms with Crippen molar-refractivity contribution in [2.45, 2.75) is 19.1 Å². The molecule has 1 aliphatic heterocycles. The van der Waals surface area contributed by atoms with E-state index >= 15 is 0 Å². The molecule has 1 aliphatic rings. The molecule has 0 bridgehead atoms. The van der Waals surface area contributed by atoms with Crippen LogP contribution in [0.2, 0.25) is 0 Å². The van der Waals surface area contributed by atoms with Crippen LogP contribution in [0.5, 0.6) is 5.75 Å². The summed E-state index contributed by atoms with van der Waals surface area (Å²) in [5.41, 5.74) is 2.52. The Kier molecular flexibility index (Phi) is 8.61. The third kappa shape index (κ3) is 7.69. The van der Waals surface area contributed by atoms with Crippen LogP contribution < -0.4 is 26.0 Å². The van der Waals surface area contributed by atoms with Crippen molar-refractivity contribution >= 4 is 0 Å². The molecule has 1 heterocycles. The van der Waals surface area contributed by atoms with E-state index in [1.54, 1.807) is 0 Å². The zero-order valence-electron chi connectivity index (χ0n) is 16.0. The van der Waals surface area contributed by atoms with E-state index in [1.165, 1.54) is 11.1 Å². The van der Waals surface area contributed by atoms with Crippen LogP contribution in [0, 0.1) is 0 Å². The van der Waals surface area contributed by atoms with Gasteiger partial charge < -0.3 is 26.0 Å². The van der Waals surface area contributed by atoms with Crippen LogP contribution in [-0.2, 0) is 13.0 Å². The summed E-state index contributed by atoms with van der Waals surface area (Å²) < 4.78 is 5.89. The van der Waals surface area contributed by atoms with E-state index in [1.807, 2.05) is 18.2 Å². The van der Waals surface area contributed by atoms with Crippen molar-refractivity contribution in [3.63, 3.8) is 0 Å². The van der Waals surface area contributed by atoms with E-state index in [-0.39, 0.29) is 0 Å². The Balaban J connectivity index is 1.47. The van der Waals surface area contributed by atoms with Crippen LogP contribution in [0.25, 0.3) is 0 Å². The predicted molar refractivity (Wildman–Crippen MR) is 111 cm³/mol. The Morgan fingerprint density at radius 1 is 0.704 bits per heavy atom. The Morgan fingerprint density at radius 2 is 1.37 bits per heavy atom. The first kappa shape index (κ1) is 19.8. The Bertz CT molecular complexity index is 621. The lowest BCUT2D eigenvalue weighted by atomic mass is 10.1. The van der Waals surface area contributed by atoms with Gasteiger partial charge in [-0.2, -0.15) is 0 Å². The molecule has 4 N–H and O–H groups in total. The lowest BCUT2D eigenvalue weighted by Crippen LogP contribution is -2.46. The summed E-state index contributed by atoms with van der Waals surface area (Å²) in [6.07, 6.45) is 1.01. The first-order chi connectivity index (χ1) is 13.4. The van der Waals surface area contributed by atoms with E-state index in [4.69, 9.17) is 4.74 Å². The molecule has 0 saturated carbocycles. The summed E-state index contributed by atoms with van der Waals surface area (Å²) >= 11 is 0. The summed E-state index contributed by atoms with van der Waals surface area (Å²) in [6.45, 7) is 7.66. The average molecular weight is 369 g/mol. The van der Waals surface area contributed by atoms with Crippen molar-refractivity contribution in [1.82, 2.24) is 21.3 Å². The topological polar surface area (TPSA) is 57.4 Å². The molecule has 0 aromatic heterocycles. The van der Waals surface area contributed by atoms with Gasteiger partial charge in [0.2, 0.25) is 0 Å². The number of ether oxygens (including phenoxy) is 1. The molecule has 0 radical (unpaired) electrons. The molecule has 1 saturated heterocycles. The van der Waals surface area contributed by atoms with Crippen molar-refractivity contribution in [2.24, 2.45) is 0 Å². The van der Waals surface area contributed by atoms with Crippen LogP contribution in [0.4, 0.5) is 0 Å². The zero-order valence-corrected chi connectivity index (χ0v) is 16.0. The second-order valence-corrected chi connectivity index (χ2v) is 6.98. The van der Waals surface area contributed by atoms with Gasteiger partial charge in [-0.15, -0.1) is 0 Å². The number of rotatable bonds is 5. The van der Waals surface area contributed by atoms with Gasteiger partial charge in [0.1, 0.15) is 12.4 Å². The predicted octanol–water partition coefficient (Wildman–Crippen LogP) is 1.55. The summed E-state index contributed by atoms with van der Waals surface area (Å²) in [6, 6.07) is 19.2. The van der Waals surface area contributed by atoms with Gasteiger partial charge in [0.05, 0.1) is 0 Å². The molecular weight excluding hydrogens is 336 g/mol. The number of hydrogen-bond acceptors (Lipinski definition) is 5. The van der Waals surface area contributed by atoms with Crippen molar-refractivity contribution in [3.05, 3.63) is 65.7 Å². The van der Waals surface area contributed by atoms with Gasteiger partial charge in [0.15, 0.2) is 0 Å². The zero-order chi connectivity index (χ0) is 18.6. The van der Waals surface area contributed by atoms with Crippen LogP contribution in [0.3, 0.4) is 0 Å². The minimum Gasteiger partial charge on any atom is -0.489 e. The molecule has 0 amide bonds. The minimum absolute atomic E-state index is 0.433. The highest BCUT2D eigenvalue weighted by molar-refractivity contribution is 5.28. The third-order valence-electron chi connectivity index (χ3n) is 4.74. The van der Waals surface area contributed by atoms with Crippen LogP contribution in [-0.4, -0.2) is 51.9 Å². The largest absolute Gasteiger partial charge is 0.489 e. The number of nitrogens with one attached hydrogen (secondary N) is 4. The number of benzene rings is 2. The van der Waals surface area contributed by atoms with Gasteiger partial charge in [0, 0.05) is 51.9 Å². The van der Waals surface area contributed by atoms with Crippen LogP contribution in [0.15, 0.2) is 54.6 Å². The molecular formula is C22H32N4O. The highest BCUT2D eigenvalue weighted by Crippen LogP contribution is 2.15. The summed E-state index contributed by atoms with van der Waals surface area (Å²) in [4.78, 5) is 0. The average Bonchev–Trinajstić information content (AvgIpc) is 2.70. The van der Waals surface area contributed by atoms with Gasteiger partial charge in [-0.3, -0.25) is 0 Å². The van der Waals surface area contributed by atoms with E-state index in [2.05, 4.69) is 57.7 Å². The first-order valence-electron chi connectivity index (χ1n) is 10.0. The summed E-state index contributed by atoms with van der Waals surface area (Å²) in [5.74, 6) is 0.919. The maximum Gasteiger partial charge on any atom is 0.119 e. The molecule has 0 aliphatic carbocycles. The lowest BCUT2D eigenvalue weighted by Gasteiger charge is -2.21. The second kappa shape index (κ2) is 11.7. The highest BCUT2D eigenvalue weighted by atomic mass is 16.5. The molecule has 2 aromatic carbocycles. The first-order valence-corrected chi connectivity index (χ1v) is 10.0. The lowest BCUT2D eigenvalue weighted by molar-refractivity contribution is 0.306. The fraction of sp³-hybridized carbons (Fsp3) is 0.455. The Morgan fingerprint density at radius 3 is 2.11 bits per heavy atom. The molecule has 27 heavy (non-hydrogen) atoms. The third-order valence-corrected chi connectivity index (χ3v) is 4.74. The van der Waals surface area contributed by atoms with E-state index < -0.39 is 0 Å². The standard InChI is InChI=1S/C22H32N4O/c1-2-4-20(5-3-1)18-27-22-8-6-19(7-9-22)16-21-17-25-13-12-23-10-11-24-14-15-26-21/h1-9,21,23-26H,10-18H2/t21-/m0/s1.